The fourth-order valence-corrected chi connectivity index (χ4v) is 2.38. The molecule has 0 aliphatic heterocycles. The van der Waals surface area contributed by atoms with Crippen molar-refractivity contribution in [2.24, 2.45) is 7.05 Å². The van der Waals surface area contributed by atoms with E-state index in [-0.39, 0.29) is 11.3 Å². The smallest absolute Gasteiger partial charge is 0.359 e. The van der Waals surface area contributed by atoms with Crippen molar-refractivity contribution in [3.8, 4) is 0 Å². The average molecular weight is 355 g/mol. The van der Waals surface area contributed by atoms with Crippen LogP contribution in [-0.2, 0) is 16.6 Å². The second-order valence-corrected chi connectivity index (χ2v) is 5.45. The number of ether oxygens (including phenoxy) is 1. The van der Waals surface area contributed by atoms with Gasteiger partial charge in [-0.1, -0.05) is 18.2 Å². The Hall–Kier alpha value is -3.55. The van der Waals surface area contributed by atoms with Gasteiger partial charge in [0.25, 0.3) is 11.5 Å². The second-order valence-electron chi connectivity index (χ2n) is 5.45. The molecule has 0 bridgehead atoms. The molecule has 0 fully saturated rings. The van der Waals surface area contributed by atoms with Crippen molar-refractivity contribution in [3.63, 3.8) is 0 Å². The van der Waals surface area contributed by atoms with Crippen molar-refractivity contribution < 1.29 is 18.7 Å². The molecule has 3 aromatic rings. The van der Waals surface area contributed by atoms with E-state index in [2.05, 4.69) is 10.4 Å². The van der Waals surface area contributed by atoms with Gasteiger partial charge < -0.3 is 10.1 Å². The molecule has 0 aliphatic rings. The van der Waals surface area contributed by atoms with Gasteiger partial charge in [-0.25, -0.2) is 13.9 Å². The molecule has 0 saturated carbocycles. The number of rotatable bonds is 4. The summed E-state index contributed by atoms with van der Waals surface area (Å²) in [5, 5.41) is 7.08. The topological polar surface area (TPSA) is 90.3 Å². The van der Waals surface area contributed by atoms with Gasteiger partial charge in [-0.15, -0.1) is 0 Å². The molecule has 0 spiro atoms. The molecule has 3 rings (SSSR count). The first kappa shape index (κ1) is 17.3. The first-order chi connectivity index (χ1) is 12.5. The van der Waals surface area contributed by atoms with Crippen molar-refractivity contribution in [3.05, 3.63) is 70.4 Å². The lowest BCUT2D eigenvalue weighted by Crippen LogP contribution is -2.26. The molecule has 132 valence electrons. The maximum absolute atomic E-state index is 12.8. The van der Waals surface area contributed by atoms with E-state index in [0.29, 0.717) is 16.5 Å². The Kier molecular flexibility index (Phi) is 4.74. The van der Waals surface area contributed by atoms with Crippen LogP contribution in [-0.4, -0.2) is 28.3 Å². The van der Waals surface area contributed by atoms with E-state index in [4.69, 9.17) is 4.74 Å². The molecule has 0 saturated heterocycles. The highest BCUT2D eigenvalue weighted by Crippen LogP contribution is 2.14. The zero-order valence-corrected chi connectivity index (χ0v) is 13.7. The largest absolute Gasteiger partial charge is 0.451 e. The Morgan fingerprint density at radius 3 is 2.46 bits per heavy atom. The lowest BCUT2D eigenvalue weighted by Gasteiger charge is -2.09. The number of amides is 1. The summed E-state index contributed by atoms with van der Waals surface area (Å²) in [6.07, 6.45) is 0. The molecule has 1 N–H and O–H groups in total. The maximum Gasteiger partial charge on any atom is 0.359 e. The third-order valence-corrected chi connectivity index (χ3v) is 3.61. The van der Waals surface area contributed by atoms with Crippen LogP contribution in [0.3, 0.4) is 0 Å². The predicted molar refractivity (Wildman–Crippen MR) is 92.3 cm³/mol. The number of benzene rings is 2. The summed E-state index contributed by atoms with van der Waals surface area (Å²) in [5.74, 6) is -1.84. The standard InChI is InChI=1S/C18H14FN3O4/c1-22-17(24)14-5-3-2-4-13(14)16(21-22)18(25)26-10-15(23)20-12-8-6-11(19)7-9-12/h2-9H,10H2,1H3,(H,20,23). The summed E-state index contributed by atoms with van der Waals surface area (Å²) in [7, 11) is 1.42. The van der Waals surface area contributed by atoms with Gasteiger partial charge in [-0.3, -0.25) is 9.59 Å². The van der Waals surface area contributed by atoms with Crippen molar-refractivity contribution >= 4 is 28.3 Å². The number of nitrogens with zero attached hydrogens (tertiary/aromatic N) is 2. The summed E-state index contributed by atoms with van der Waals surface area (Å²) >= 11 is 0. The number of hydrogen-bond donors (Lipinski definition) is 1. The fraction of sp³-hybridized carbons (Fsp3) is 0.111. The first-order valence-electron chi connectivity index (χ1n) is 7.64. The first-order valence-corrected chi connectivity index (χ1v) is 7.64. The summed E-state index contributed by atoms with van der Waals surface area (Å²) in [4.78, 5) is 36.2. The minimum Gasteiger partial charge on any atom is -0.451 e. The average Bonchev–Trinajstić information content (AvgIpc) is 2.64. The molecule has 0 atom stereocenters. The quantitative estimate of drug-likeness (QED) is 0.722. The third kappa shape index (κ3) is 3.59. The van der Waals surface area contributed by atoms with E-state index < -0.39 is 24.3 Å². The van der Waals surface area contributed by atoms with Crippen molar-refractivity contribution in [2.45, 2.75) is 0 Å². The molecule has 26 heavy (non-hydrogen) atoms. The molecule has 0 unspecified atom stereocenters. The minimum absolute atomic E-state index is 0.0581. The van der Waals surface area contributed by atoms with Gasteiger partial charge in [-0.2, -0.15) is 5.10 Å². The molecule has 1 heterocycles. The summed E-state index contributed by atoms with van der Waals surface area (Å²) in [6, 6.07) is 11.7. The lowest BCUT2D eigenvalue weighted by atomic mass is 10.1. The van der Waals surface area contributed by atoms with E-state index in [0.717, 1.165) is 4.68 Å². The van der Waals surface area contributed by atoms with Gasteiger partial charge in [0.05, 0.1) is 5.39 Å². The van der Waals surface area contributed by atoms with Crippen LogP contribution in [0.2, 0.25) is 0 Å². The van der Waals surface area contributed by atoms with Crippen LogP contribution in [0.4, 0.5) is 10.1 Å². The number of hydrogen-bond acceptors (Lipinski definition) is 5. The Morgan fingerprint density at radius 2 is 1.77 bits per heavy atom. The van der Waals surface area contributed by atoms with Gasteiger partial charge >= 0.3 is 5.97 Å². The molecule has 2 aromatic carbocycles. The molecule has 1 aromatic heterocycles. The summed E-state index contributed by atoms with van der Waals surface area (Å²) < 4.78 is 18.9. The number of carbonyl (C=O) groups excluding carboxylic acids is 2. The second kappa shape index (κ2) is 7.14. The van der Waals surface area contributed by atoms with Crippen LogP contribution >= 0.6 is 0 Å². The monoisotopic (exact) mass is 355 g/mol. The zero-order valence-electron chi connectivity index (χ0n) is 13.7. The Labute approximate surface area is 147 Å². The van der Waals surface area contributed by atoms with E-state index in [1.807, 2.05) is 0 Å². The third-order valence-electron chi connectivity index (χ3n) is 3.61. The van der Waals surface area contributed by atoms with Crippen molar-refractivity contribution in [1.82, 2.24) is 9.78 Å². The number of nitrogens with one attached hydrogen (secondary N) is 1. The molecule has 0 aliphatic carbocycles. The lowest BCUT2D eigenvalue weighted by molar-refractivity contribution is -0.119. The van der Waals surface area contributed by atoms with Crippen LogP contribution in [0, 0.1) is 5.82 Å². The SMILES string of the molecule is Cn1nc(C(=O)OCC(=O)Nc2ccc(F)cc2)c2ccccc2c1=O. The van der Waals surface area contributed by atoms with E-state index in [1.165, 1.54) is 31.3 Å². The van der Waals surface area contributed by atoms with Crippen LogP contribution in [0.15, 0.2) is 53.3 Å². The number of aryl methyl sites for hydroxylation is 1. The molecular formula is C18H14FN3O4. The minimum atomic E-state index is -0.828. The molecule has 1 amide bonds. The summed E-state index contributed by atoms with van der Waals surface area (Å²) in [6.45, 7) is -0.547. The van der Waals surface area contributed by atoms with Crippen LogP contribution in [0.5, 0.6) is 0 Å². The normalized spacial score (nSPS) is 10.5. The van der Waals surface area contributed by atoms with E-state index in [1.54, 1.807) is 24.3 Å². The van der Waals surface area contributed by atoms with Gasteiger partial charge in [0.15, 0.2) is 12.3 Å². The number of halogens is 1. The van der Waals surface area contributed by atoms with E-state index >= 15 is 0 Å². The number of anilines is 1. The molecular weight excluding hydrogens is 341 g/mol. The van der Waals surface area contributed by atoms with Crippen LogP contribution in [0.25, 0.3) is 10.8 Å². The predicted octanol–water partition coefficient (Wildman–Crippen LogP) is 1.87. The van der Waals surface area contributed by atoms with E-state index in [9.17, 15) is 18.8 Å². The highest BCUT2D eigenvalue weighted by atomic mass is 19.1. The van der Waals surface area contributed by atoms with Gasteiger partial charge in [0, 0.05) is 18.1 Å². The van der Waals surface area contributed by atoms with Crippen LogP contribution in [0.1, 0.15) is 10.5 Å². The molecule has 7 nitrogen and oxygen atoms in total. The Balaban J connectivity index is 1.73. The Morgan fingerprint density at radius 1 is 1.12 bits per heavy atom. The van der Waals surface area contributed by atoms with Gasteiger partial charge in [0.2, 0.25) is 0 Å². The number of esters is 1. The molecule has 0 radical (unpaired) electrons. The van der Waals surface area contributed by atoms with Gasteiger partial charge in [0.1, 0.15) is 5.82 Å². The van der Waals surface area contributed by atoms with Crippen molar-refractivity contribution in [1.29, 1.82) is 0 Å². The molecule has 8 heteroatoms. The van der Waals surface area contributed by atoms with Crippen molar-refractivity contribution in [2.75, 3.05) is 11.9 Å². The number of carbonyl (C=O) groups is 2. The Bertz CT molecular complexity index is 1040. The van der Waals surface area contributed by atoms with Crippen LogP contribution < -0.4 is 10.9 Å². The fourth-order valence-electron chi connectivity index (χ4n) is 2.38. The highest BCUT2D eigenvalue weighted by molar-refractivity contribution is 6.03. The zero-order chi connectivity index (χ0) is 18.7. The van der Waals surface area contributed by atoms with Gasteiger partial charge in [-0.05, 0) is 30.3 Å². The number of aromatic nitrogens is 2. The highest BCUT2D eigenvalue weighted by Gasteiger charge is 2.18. The summed E-state index contributed by atoms with van der Waals surface area (Å²) in [5.41, 5.74) is -0.0263. The maximum atomic E-state index is 12.8. The number of fused-ring (bicyclic) bond motifs is 1.